The van der Waals surface area contributed by atoms with E-state index in [1.807, 2.05) is 18.2 Å². The highest BCUT2D eigenvalue weighted by atomic mass is 79.9. The molecule has 58 valence electrons. The Labute approximate surface area is 78.5 Å². The van der Waals surface area contributed by atoms with Crippen molar-refractivity contribution in [1.82, 2.24) is 10.2 Å². The standard InChI is InChI=1S/C7H5BrN2.ClH/c8-6-2-1-3-7-5(6)4-9-10-7;/h1-4H,(H,9,10);1H. The number of nitrogens with one attached hydrogen (secondary N) is 1. The molecular weight excluding hydrogens is 227 g/mol. The summed E-state index contributed by atoms with van der Waals surface area (Å²) in [6.45, 7) is 0. The molecule has 0 spiro atoms. The number of aromatic amines is 1. The Morgan fingerprint density at radius 3 is 2.91 bits per heavy atom. The Hall–Kier alpha value is -0.540. The number of hydrogen-bond donors (Lipinski definition) is 1. The van der Waals surface area contributed by atoms with Gasteiger partial charge >= 0.3 is 0 Å². The molecule has 1 heterocycles. The second-order valence-electron chi connectivity index (χ2n) is 2.07. The van der Waals surface area contributed by atoms with E-state index in [4.69, 9.17) is 0 Å². The van der Waals surface area contributed by atoms with Gasteiger partial charge in [0.05, 0.1) is 11.7 Å². The van der Waals surface area contributed by atoms with Crippen molar-refractivity contribution in [3.8, 4) is 0 Å². The molecule has 0 aliphatic carbocycles. The van der Waals surface area contributed by atoms with Crippen LogP contribution in [0.5, 0.6) is 0 Å². The fourth-order valence-electron chi connectivity index (χ4n) is 0.932. The van der Waals surface area contributed by atoms with Crippen LogP contribution < -0.4 is 0 Å². The van der Waals surface area contributed by atoms with E-state index in [0.29, 0.717) is 0 Å². The van der Waals surface area contributed by atoms with E-state index >= 15 is 0 Å². The summed E-state index contributed by atoms with van der Waals surface area (Å²) in [5, 5.41) is 7.91. The first-order valence-electron chi connectivity index (χ1n) is 2.95. The zero-order valence-electron chi connectivity index (χ0n) is 5.54. The number of benzene rings is 1. The number of nitrogens with zero attached hydrogens (tertiary/aromatic N) is 1. The van der Waals surface area contributed by atoms with Crippen molar-refractivity contribution in [2.24, 2.45) is 0 Å². The maximum absolute atomic E-state index is 3.91. The van der Waals surface area contributed by atoms with E-state index < -0.39 is 0 Å². The van der Waals surface area contributed by atoms with Gasteiger partial charge in [-0.3, -0.25) is 5.10 Å². The van der Waals surface area contributed by atoms with Crippen molar-refractivity contribution >= 4 is 39.2 Å². The van der Waals surface area contributed by atoms with Crippen molar-refractivity contribution in [1.29, 1.82) is 0 Å². The van der Waals surface area contributed by atoms with Gasteiger partial charge < -0.3 is 0 Å². The highest BCUT2D eigenvalue weighted by Gasteiger charge is 1.96. The lowest BCUT2D eigenvalue weighted by Crippen LogP contribution is -1.67. The molecule has 0 amide bonds. The molecule has 0 bridgehead atoms. The molecule has 0 radical (unpaired) electrons. The molecule has 2 aromatic rings. The minimum atomic E-state index is 0. The molecule has 2 nitrogen and oxygen atoms in total. The first-order chi connectivity index (χ1) is 4.88. The summed E-state index contributed by atoms with van der Waals surface area (Å²) < 4.78 is 1.08. The lowest BCUT2D eigenvalue weighted by atomic mass is 10.3. The van der Waals surface area contributed by atoms with E-state index in [2.05, 4.69) is 26.1 Å². The molecule has 1 N–H and O–H groups in total. The van der Waals surface area contributed by atoms with Crippen LogP contribution in [0.15, 0.2) is 28.9 Å². The van der Waals surface area contributed by atoms with Crippen LogP contribution in [0, 0.1) is 0 Å². The smallest absolute Gasteiger partial charge is 0.0661 e. The van der Waals surface area contributed by atoms with Crippen LogP contribution >= 0.6 is 28.3 Å². The van der Waals surface area contributed by atoms with Crippen LogP contribution in [0.25, 0.3) is 10.9 Å². The van der Waals surface area contributed by atoms with Crippen molar-refractivity contribution < 1.29 is 0 Å². The molecule has 1 aromatic heterocycles. The van der Waals surface area contributed by atoms with Crippen LogP contribution in [-0.4, -0.2) is 10.2 Å². The fourth-order valence-corrected chi connectivity index (χ4v) is 1.40. The van der Waals surface area contributed by atoms with Crippen molar-refractivity contribution in [2.75, 3.05) is 0 Å². The van der Waals surface area contributed by atoms with Crippen molar-refractivity contribution in [3.05, 3.63) is 28.9 Å². The second kappa shape index (κ2) is 3.24. The number of H-pyrrole nitrogens is 1. The van der Waals surface area contributed by atoms with Gasteiger partial charge in [0.2, 0.25) is 0 Å². The lowest BCUT2D eigenvalue weighted by Gasteiger charge is -1.88. The Kier molecular flexibility index (Phi) is 2.52. The van der Waals surface area contributed by atoms with Crippen molar-refractivity contribution in [3.63, 3.8) is 0 Å². The predicted octanol–water partition coefficient (Wildman–Crippen LogP) is 2.75. The van der Waals surface area contributed by atoms with Gasteiger partial charge in [0.25, 0.3) is 0 Å². The summed E-state index contributed by atoms with van der Waals surface area (Å²) >= 11 is 3.42. The highest BCUT2D eigenvalue weighted by molar-refractivity contribution is 9.10. The zero-order chi connectivity index (χ0) is 6.97. The van der Waals surface area contributed by atoms with Gasteiger partial charge in [-0.25, -0.2) is 0 Å². The molecule has 0 fully saturated rings. The predicted molar refractivity (Wildman–Crippen MR) is 51.0 cm³/mol. The van der Waals surface area contributed by atoms with Gasteiger partial charge in [-0.1, -0.05) is 22.0 Å². The lowest BCUT2D eigenvalue weighted by molar-refractivity contribution is 1.12. The van der Waals surface area contributed by atoms with Gasteiger partial charge in [0, 0.05) is 9.86 Å². The average molecular weight is 233 g/mol. The summed E-state index contributed by atoms with van der Waals surface area (Å²) in [7, 11) is 0. The third kappa shape index (κ3) is 1.39. The van der Waals surface area contributed by atoms with Crippen LogP contribution in [-0.2, 0) is 0 Å². The molecule has 1 aromatic carbocycles. The van der Waals surface area contributed by atoms with Gasteiger partial charge in [-0.2, -0.15) is 5.10 Å². The van der Waals surface area contributed by atoms with E-state index in [1.165, 1.54) is 0 Å². The maximum Gasteiger partial charge on any atom is 0.0661 e. The SMILES string of the molecule is Brc1cccc2[nH]ncc12.Cl. The third-order valence-corrected chi connectivity index (χ3v) is 2.12. The first kappa shape index (κ1) is 8.56. The van der Waals surface area contributed by atoms with E-state index in [0.717, 1.165) is 15.4 Å². The molecule has 2 rings (SSSR count). The van der Waals surface area contributed by atoms with E-state index in [-0.39, 0.29) is 12.4 Å². The Morgan fingerprint density at radius 1 is 1.36 bits per heavy atom. The Bertz CT molecular complexity index is 358. The Morgan fingerprint density at radius 2 is 2.18 bits per heavy atom. The first-order valence-corrected chi connectivity index (χ1v) is 3.75. The molecule has 0 saturated carbocycles. The summed E-state index contributed by atoms with van der Waals surface area (Å²) in [6, 6.07) is 5.97. The van der Waals surface area contributed by atoms with Gasteiger partial charge in [0.1, 0.15) is 0 Å². The molecule has 0 unspecified atom stereocenters. The monoisotopic (exact) mass is 232 g/mol. The van der Waals surface area contributed by atoms with Gasteiger partial charge in [-0.15, -0.1) is 12.4 Å². The number of aromatic nitrogens is 2. The molecule has 0 aliphatic rings. The van der Waals surface area contributed by atoms with Crippen LogP contribution in [0.1, 0.15) is 0 Å². The molecular formula is C7H6BrClN2. The van der Waals surface area contributed by atoms with Crippen molar-refractivity contribution in [2.45, 2.75) is 0 Å². The minimum absolute atomic E-state index is 0. The number of fused-ring (bicyclic) bond motifs is 1. The fraction of sp³-hybridized carbons (Fsp3) is 0. The largest absolute Gasteiger partial charge is 0.278 e. The Balaban J connectivity index is 0.000000605. The highest BCUT2D eigenvalue weighted by Crippen LogP contribution is 2.20. The molecule has 4 heteroatoms. The summed E-state index contributed by atoms with van der Waals surface area (Å²) in [4.78, 5) is 0. The van der Waals surface area contributed by atoms with E-state index in [1.54, 1.807) is 6.20 Å². The summed E-state index contributed by atoms with van der Waals surface area (Å²) in [6.07, 6.45) is 1.80. The molecule has 0 aliphatic heterocycles. The average Bonchev–Trinajstić information content (AvgIpc) is 2.36. The summed E-state index contributed by atoms with van der Waals surface area (Å²) in [5.41, 5.74) is 1.06. The quantitative estimate of drug-likeness (QED) is 0.745. The van der Waals surface area contributed by atoms with E-state index in [9.17, 15) is 0 Å². The minimum Gasteiger partial charge on any atom is -0.278 e. The van der Waals surface area contributed by atoms with Gasteiger partial charge in [-0.05, 0) is 12.1 Å². The summed E-state index contributed by atoms with van der Waals surface area (Å²) in [5.74, 6) is 0. The number of hydrogen-bond acceptors (Lipinski definition) is 1. The normalized spacial score (nSPS) is 9.55. The zero-order valence-corrected chi connectivity index (χ0v) is 7.95. The topological polar surface area (TPSA) is 28.7 Å². The number of halogens is 2. The molecule has 0 atom stereocenters. The van der Waals surface area contributed by atoms with Crippen LogP contribution in [0.4, 0.5) is 0 Å². The van der Waals surface area contributed by atoms with Gasteiger partial charge in [0.15, 0.2) is 0 Å². The molecule has 0 saturated heterocycles. The maximum atomic E-state index is 3.91. The molecule has 11 heavy (non-hydrogen) atoms. The number of rotatable bonds is 0. The third-order valence-electron chi connectivity index (χ3n) is 1.43. The van der Waals surface area contributed by atoms with Crippen LogP contribution in [0.2, 0.25) is 0 Å². The van der Waals surface area contributed by atoms with Crippen LogP contribution in [0.3, 0.4) is 0 Å². The second-order valence-corrected chi connectivity index (χ2v) is 2.93.